The minimum atomic E-state index is -3.24. The summed E-state index contributed by atoms with van der Waals surface area (Å²) in [5.74, 6) is -0.724. The maximum absolute atomic E-state index is 13.2. The van der Waals surface area contributed by atoms with Gasteiger partial charge in [-0.2, -0.15) is 0 Å². The van der Waals surface area contributed by atoms with Gasteiger partial charge in [-0.25, -0.2) is 8.42 Å². The molecule has 1 saturated heterocycles. The number of rotatable bonds is 5. The number of sulfone groups is 1. The van der Waals surface area contributed by atoms with Crippen molar-refractivity contribution in [2.45, 2.75) is 19.0 Å². The number of benzene rings is 2. The first-order valence-electron chi connectivity index (χ1n) is 8.26. The highest BCUT2D eigenvalue weighted by molar-refractivity contribution is 7.91. The Morgan fingerprint density at radius 3 is 2.59 bits per heavy atom. The molecule has 1 unspecified atom stereocenters. The first-order chi connectivity index (χ1) is 12.8. The van der Waals surface area contributed by atoms with Crippen molar-refractivity contribution >= 4 is 33.0 Å². The molecule has 1 amide bonds. The number of nitro groups is 1. The average Bonchev–Trinajstić information content (AvgIpc) is 2.98. The van der Waals surface area contributed by atoms with Crippen molar-refractivity contribution in [3.05, 3.63) is 74.8 Å². The van der Waals surface area contributed by atoms with Gasteiger partial charge in [-0.1, -0.05) is 35.9 Å². The predicted octanol–water partition coefficient (Wildman–Crippen LogP) is 3.08. The molecule has 7 nitrogen and oxygen atoms in total. The van der Waals surface area contributed by atoms with Gasteiger partial charge in [0.15, 0.2) is 9.84 Å². The molecule has 0 aliphatic carbocycles. The van der Waals surface area contributed by atoms with Gasteiger partial charge in [-0.05, 0) is 30.2 Å². The van der Waals surface area contributed by atoms with Crippen molar-refractivity contribution < 1.29 is 18.1 Å². The number of carbonyl (C=O) groups is 1. The first kappa shape index (κ1) is 19.3. The molecule has 2 aromatic rings. The Balaban J connectivity index is 1.99. The summed E-state index contributed by atoms with van der Waals surface area (Å²) in [6.07, 6.45) is 0.301. The Bertz CT molecular complexity index is 993. The smallest absolute Gasteiger partial charge is 0.282 e. The number of nitro benzene ring substituents is 1. The lowest BCUT2D eigenvalue weighted by Gasteiger charge is -2.28. The number of para-hydroxylation sites is 1. The Morgan fingerprint density at radius 2 is 1.96 bits per heavy atom. The molecule has 1 aliphatic heterocycles. The number of amides is 1. The summed E-state index contributed by atoms with van der Waals surface area (Å²) in [5.41, 5.74) is 0.354. The first-order valence-corrected chi connectivity index (χ1v) is 10.5. The van der Waals surface area contributed by atoms with Crippen LogP contribution in [-0.4, -0.2) is 41.7 Å². The van der Waals surface area contributed by atoms with Crippen LogP contribution in [0.25, 0.3) is 0 Å². The van der Waals surface area contributed by atoms with Gasteiger partial charge in [0.05, 0.1) is 16.4 Å². The van der Waals surface area contributed by atoms with Crippen LogP contribution in [0.1, 0.15) is 22.3 Å². The van der Waals surface area contributed by atoms with Crippen molar-refractivity contribution in [2.24, 2.45) is 0 Å². The zero-order chi connectivity index (χ0) is 19.6. The summed E-state index contributed by atoms with van der Waals surface area (Å²) in [6.45, 7) is 0.117. The number of hydrogen-bond acceptors (Lipinski definition) is 5. The van der Waals surface area contributed by atoms with Gasteiger partial charge < -0.3 is 4.90 Å². The highest BCUT2D eigenvalue weighted by Gasteiger charge is 2.36. The fraction of sp³-hybridized carbons (Fsp3) is 0.278. The van der Waals surface area contributed by atoms with E-state index in [1.165, 1.54) is 23.1 Å². The summed E-state index contributed by atoms with van der Waals surface area (Å²) < 4.78 is 23.8. The molecule has 1 aliphatic rings. The van der Waals surface area contributed by atoms with Crippen LogP contribution < -0.4 is 0 Å². The highest BCUT2D eigenvalue weighted by Crippen LogP contribution is 2.26. The lowest BCUT2D eigenvalue weighted by Crippen LogP contribution is -2.40. The minimum Gasteiger partial charge on any atom is -0.330 e. The van der Waals surface area contributed by atoms with E-state index in [-0.39, 0.29) is 29.3 Å². The van der Waals surface area contributed by atoms with Crippen molar-refractivity contribution in [3.63, 3.8) is 0 Å². The van der Waals surface area contributed by atoms with Crippen molar-refractivity contribution in [1.82, 2.24) is 4.90 Å². The van der Waals surface area contributed by atoms with Crippen molar-refractivity contribution in [1.29, 1.82) is 0 Å². The van der Waals surface area contributed by atoms with Crippen LogP contribution in [0, 0.1) is 10.1 Å². The Hall–Kier alpha value is -2.45. The molecular weight excluding hydrogens is 392 g/mol. The summed E-state index contributed by atoms with van der Waals surface area (Å²) >= 11 is 6.01. The molecule has 3 rings (SSSR count). The minimum absolute atomic E-state index is 0.00608. The van der Waals surface area contributed by atoms with E-state index in [1.807, 2.05) is 0 Å². The SMILES string of the molecule is O=C(c1ccccc1[N+](=O)[O-])N(Cc1cccc(Cl)c1)C1CCS(=O)(=O)C1. The molecule has 27 heavy (non-hydrogen) atoms. The maximum Gasteiger partial charge on any atom is 0.282 e. The molecule has 2 aromatic carbocycles. The molecular formula is C18H17ClN2O5S. The van der Waals surface area contributed by atoms with Crippen LogP contribution >= 0.6 is 11.6 Å². The van der Waals surface area contributed by atoms with E-state index in [1.54, 1.807) is 30.3 Å². The zero-order valence-electron chi connectivity index (χ0n) is 14.2. The van der Waals surface area contributed by atoms with Crippen molar-refractivity contribution in [3.8, 4) is 0 Å². The van der Waals surface area contributed by atoms with Crippen LogP contribution in [0.15, 0.2) is 48.5 Å². The standard InChI is InChI=1S/C18H17ClN2O5S/c19-14-5-3-4-13(10-14)11-20(15-8-9-27(25,26)12-15)18(22)16-6-1-2-7-17(16)21(23)24/h1-7,10,15H,8-9,11-12H2. The maximum atomic E-state index is 13.2. The molecule has 0 bridgehead atoms. The van der Waals surface area contributed by atoms with E-state index < -0.39 is 26.7 Å². The second kappa shape index (κ2) is 7.66. The average molecular weight is 409 g/mol. The molecule has 0 aromatic heterocycles. The number of halogens is 1. The van der Waals surface area contributed by atoms with Gasteiger partial charge >= 0.3 is 0 Å². The van der Waals surface area contributed by atoms with Crippen LogP contribution in [-0.2, 0) is 16.4 Å². The van der Waals surface area contributed by atoms with Crippen molar-refractivity contribution in [2.75, 3.05) is 11.5 Å². The fourth-order valence-corrected chi connectivity index (χ4v) is 5.13. The van der Waals surface area contributed by atoms with Crippen LogP contribution in [0.4, 0.5) is 5.69 Å². The van der Waals surface area contributed by atoms with E-state index in [0.29, 0.717) is 11.4 Å². The summed E-state index contributed by atoms with van der Waals surface area (Å²) in [4.78, 5) is 25.2. The van der Waals surface area contributed by atoms with Gasteiger partial charge in [-0.3, -0.25) is 14.9 Å². The number of nitrogens with zero attached hydrogens (tertiary/aromatic N) is 2. The predicted molar refractivity (Wildman–Crippen MR) is 101 cm³/mol. The molecule has 1 heterocycles. The molecule has 0 N–H and O–H groups in total. The zero-order valence-corrected chi connectivity index (χ0v) is 15.8. The van der Waals surface area contributed by atoms with E-state index in [0.717, 1.165) is 5.56 Å². The van der Waals surface area contributed by atoms with Gasteiger partial charge in [0.2, 0.25) is 0 Å². The van der Waals surface area contributed by atoms with Gasteiger partial charge in [0, 0.05) is 23.7 Å². The Kier molecular flexibility index (Phi) is 5.48. The third kappa shape index (κ3) is 4.45. The van der Waals surface area contributed by atoms with Crippen LogP contribution in [0.5, 0.6) is 0 Å². The molecule has 1 fully saturated rings. The number of hydrogen-bond donors (Lipinski definition) is 0. The summed E-state index contributed by atoms with van der Waals surface area (Å²) in [7, 11) is -3.24. The van der Waals surface area contributed by atoms with E-state index in [9.17, 15) is 23.3 Å². The monoisotopic (exact) mass is 408 g/mol. The van der Waals surface area contributed by atoms with Gasteiger partial charge in [0.1, 0.15) is 5.56 Å². The van der Waals surface area contributed by atoms with Crippen LogP contribution in [0.3, 0.4) is 0 Å². The quantitative estimate of drug-likeness (QED) is 0.559. The molecule has 1 atom stereocenters. The van der Waals surface area contributed by atoms with E-state index in [2.05, 4.69) is 0 Å². The number of carbonyl (C=O) groups excluding carboxylic acids is 1. The second-order valence-electron chi connectivity index (χ2n) is 6.39. The lowest BCUT2D eigenvalue weighted by atomic mass is 10.1. The molecule has 0 radical (unpaired) electrons. The van der Waals surface area contributed by atoms with Gasteiger partial charge in [0.25, 0.3) is 11.6 Å². The normalized spacial score (nSPS) is 18.2. The molecule has 0 saturated carbocycles. The summed E-state index contributed by atoms with van der Waals surface area (Å²) in [6, 6.07) is 12.0. The highest BCUT2D eigenvalue weighted by atomic mass is 35.5. The molecule has 9 heteroatoms. The van der Waals surface area contributed by atoms with E-state index in [4.69, 9.17) is 11.6 Å². The third-order valence-electron chi connectivity index (χ3n) is 4.48. The second-order valence-corrected chi connectivity index (χ2v) is 9.06. The van der Waals surface area contributed by atoms with Gasteiger partial charge in [-0.15, -0.1) is 0 Å². The lowest BCUT2D eigenvalue weighted by molar-refractivity contribution is -0.385. The fourth-order valence-electron chi connectivity index (χ4n) is 3.19. The topological polar surface area (TPSA) is 97.6 Å². The largest absolute Gasteiger partial charge is 0.330 e. The Labute approximate surface area is 161 Å². The molecule has 0 spiro atoms. The van der Waals surface area contributed by atoms with Crippen LogP contribution in [0.2, 0.25) is 5.02 Å². The molecule has 142 valence electrons. The third-order valence-corrected chi connectivity index (χ3v) is 6.47. The summed E-state index contributed by atoms with van der Waals surface area (Å²) in [5, 5.41) is 11.8. The van der Waals surface area contributed by atoms with E-state index >= 15 is 0 Å². The Morgan fingerprint density at radius 1 is 1.22 bits per heavy atom.